The zero-order chi connectivity index (χ0) is 13.8. The second-order valence-corrected chi connectivity index (χ2v) is 7.16. The van der Waals surface area contributed by atoms with E-state index in [0.29, 0.717) is 12.1 Å². The highest BCUT2D eigenvalue weighted by atomic mass is 32.2. The van der Waals surface area contributed by atoms with Gasteiger partial charge in [0.25, 0.3) is 0 Å². The zero-order valence-corrected chi connectivity index (χ0v) is 13.5. The molecule has 0 amide bonds. The molecule has 2 heteroatoms. The predicted molar refractivity (Wildman–Crippen MR) is 85.7 cm³/mol. The van der Waals surface area contributed by atoms with Gasteiger partial charge in [0.15, 0.2) is 0 Å². The van der Waals surface area contributed by atoms with E-state index in [9.17, 15) is 0 Å². The summed E-state index contributed by atoms with van der Waals surface area (Å²) in [5.74, 6) is 1.74. The fourth-order valence-electron chi connectivity index (χ4n) is 3.43. The fraction of sp³-hybridized carbons (Fsp3) is 0.647. The molecule has 0 spiro atoms. The lowest BCUT2D eigenvalue weighted by atomic mass is 9.80. The van der Waals surface area contributed by atoms with Crippen molar-refractivity contribution < 1.29 is 0 Å². The van der Waals surface area contributed by atoms with E-state index in [1.807, 2.05) is 0 Å². The highest BCUT2D eigenvalue weighted by molar-refractivity contribution is 7.98. The normalized spacial score (nSPS) is 29.2. The molecule has 0 aliphatic heterocycles. The van der Waals surface area contributed by atoms with Gasteiger partial charge in [-0.2, -0.15) is 0 Å². The second-order valence-electron chi connectivity index (χ2n) is 6.28. The molecule has 1 fully saturated rings. The van der Waals surface area contributed by atoms with Gasteiger partial charge in [-0.3, -0.25) is 0 Å². The summed E-state index contributed by atoms with van der Waals surface area (Å²) in [7, 11) is 0. The third kappa shape index (κ3) is 4.25. The monoisotopic (exact) mass is 277 g/mol. The molecular weight excluding hydrogens is 250 g/mol. The lowest BCUT2D eigenvalue weighted by Crippen LogP contribution is -2.37. The Hall–Kier alpha value is -0.470. The lowest BCUT2D eigenvalue weighted by molar-refractivity contribution is 0.228. The second kappa shape index (κ2) is 6.81. The van der Waals surface area contributed by atoms with E-state index in [4.69, 9.17) is 0 Å². The standard InChI is InChI=1S/C17H27NS/c1-12-9-13(2)11-16(10-12)18-14(3)15-5-7-17(19-4)8-6-15/h5-8,12-14,16,18H,9-11H2,1-4H3. The number of hydrogen-bond acceptors (Lipinski definition) is 2. The van der Waals surface area contributed by atoms with Gasteiger partial charge in [-0.05, 0) is 62.0 Å². The Labute approximate surface area is 122 Å². The summed E-state index contributed by atoms with van der Waals surface area (Å²) in [4.78, 5) is 1.34. The van der Waals surface area contributed by atoms with Crippen LogP contribution in [0.25, 0.3) is 0 Å². The predicted octanol–water partition coefficient (Wildman–Crippen LogP) is 4.88. The van der Waals surface area contributed by atoms with Crippen molar-refractivity contribution in [3.8, 4) is 0 Å². The highest BCUT2D eigenvalue weighted by Crippen LogP contribution is 2.30. The Kier molecular flexibility index (Phi) is 5.35. The molecule has 1 N–H and O–H groups in total. The summed E-state index contributed by atoms with van der Waals surface area (Å²) in [6.45, 7) is 7.07. The van der Waals surface area contributed by atoms with Crippen LogP contribution >= 0.6 is 11.8 Å². The molecule has 1 aromatic rings. The quantitative estimate of drug-likeness (QED) is 0.787. The molecule has 0 radical (unpaired) electrons. The average Bonchev–Trinajstić information content (AvgIpc) is 2.37. The summed E-state index contributed by atoms with van der Waals surface area (Å²) >= 11 is 1.81. The number of benzene rings is 1. The summed E-state index contributed by atoms with van der Waals surface area (Å²) in [5, 5.41) is 3.83. The topological polar surface area (TPSA) is 12.0 Å². The van der Waals surface area contributed by atoms with Gasteiger partial charge in [0.05, 0.1) is 0 Å². The van der Waals surface area contributed by atoms with Crippen LogP contribution in [0, 0.1) is 11.8 Å². The summed E-state index contributed by atoms with van der Waals surface area (Å²) in [6.07, 6.45) is 6.19. The Bertz CT molecular complexity index is 377. The molecule has 1 nitrogen and oxygen atoms in total. The maximum Gasteiger partial charge on any atom is 0.0294 e. The molecule has 1 aliphatic rings. The highest BCUT2D eigenvalue weighted by Gasteiger charge is 2.24. The Morgan fingerprint density at radius 1 is 1.05 bits per heavy atom. The van der Waals surface area contributed by atoms with Gasteiger partial charge >= 0.3 is 0 Å². The van der Waals surface area contributed by atoms with E-state index in [1.165, 1.54) is 29.7 Å². The minimum atomic E-state index is 0.457. The Morgan fingerprint density at radius 2 is 1.63 bits per heavy atom. The Morgan fingerprint density at radius 3 is 2.16 bits per heavy atom. The van der Waals surface area contributed by atoms with Crippen molar-refractivity contribution >= 4 is 11.8 Å². The first-order chi connectivity index (χ1) is 9.08. The molecule has 1 aromatic carbocycles. The summed E-state index contributed by atoms with van der Waals surface area (Å²) in [5.41, 5.74) is 1.41. The molecule has 3 unspecified atom stereocenters. The van der Waals surface area contributed by atoms with E-state index in [-0.39, 0.29) is 0 Å². The van der Waals surface area contributed by atoms with Crippen LogP contribution in [-0.4, -0.2) is 12.3 Å². The van der Waals surface area contributed by atoms with Crippen molar-refractivity contribution in [3.05, 3.63) is 29.8 Å². The molecule has 0 heterocycles. The van der Waals surface area contributed by atoms with Crippen molar-refractivity contribution in [2.24, 2.45) is 11.8 Å². The van der Waals surface area contributed by atoms with Gasteiger partial charge in [0.2, 0.25) is 0 Å². The van der Waals surface area contributed by atoms with Crippen LogP contribution < -0.4 is 5.32 Å². The third-order valence-corrected chi connectivity index (χ3v) is 5.02. The number of thioether (sulfide) groups is 1. The van der Waals surface area contributed by atoms with Crippen molar-refractivity contribution in [2.45, 2.75) is 57.0 Å². The van der Waals surface area contributed by atoms with Gasteiger partial charge in [0, 0.05) is 17.0 Å². The van der Waals surface area contributed by atoms with E-state index < -0.39 is 0 Å². The van der Waals surface area contributed by atoms with Crippen LogP contribution in [0.4, 0.5) is 0 Å². The molecule has 0 bridgehead atoms. The number of nitrogens with one attached hydrogen (secondary N) is 1. The minimum Gasteiger partial charge on any atom is -0.307 e. The molecular formula is C17H27NS. The van der Waals surface area contributed by atoms with E-state index in [1.54, 1.807) is 11.8 Å². The summed E-state index contributed by atoms with van der Waals surface area (Å²) < 4.78 is 0. The van der Waals surface area contributed by atoms with Crippen molar-refractivity contribution in [2.75, 3.05) is 6.26 Å². The maximum absolute atomic E-state index is 3.83. The largest absolute Gasteiger partial charge is 0.307 e. The van der Waals surface area contributed by atoms with Gasteiger partial charge in [-0.1, -0.05) is 26.0 Å². The third-order valence-electron chi connectivity index (χ3n) is 4.28. The van der Waals surface area contributed by atoms with Crippen molar-refractivity contribution in [3.63, 3.8) is 0 Å². The van der Waals surface area contributed by atoms with Gasteiger partial charge in [-0.15, -0.1) is 11.8 Å². The molecule has 19 heavy (non-hydrogen) atoms. The van der Waals surface area contributed by atoms with Crippen LogP contribution in [-0.2, 0) is 0 Å². The molecule has 3 atom stereocenters. The fourth-order valence-corrected chi connectivity index (χ4v) is 3.83. The van der Waals surface area contributed by atoms with E-state index in [2.05, 4.69) is 56.6 Å². The smallest absolute Gasteiger partial charge is 0.0294 e. The molecule has 0 aromatic heterocycles. The van der Waals surface area contributed by atoms with Crippen LogP contribution in [0.2, 0.25) is 0 Å². The van der Waals surface area contributed by atoms with Gasteiger partial charge < -0.3 is 5.32 Å². The lowest BCUT2D eigenvalue weighted by Gasteiger charge is -2.34. The van der Waals surface area contributed by atoms with Crippen LogP contribution in [0.1, 0.15) is 51.6 Å². The number of rotatable bonds is 4. The van der Waals surface area contributed by atoms with Crippen LogP contribution in [0.3, 0.4) is 0 Å². The number of hydrogen-bond donors (Lipinski definition) is 1. The SMILES string of the molecule is CSc1ccc(C(C)NC2CC(C)CC(C)C2)cc1. The molecule has 106 valence electrons. The van der Waals surface area contributed by atoms with Crippen LogP contribution in [0.5, 0.6) is 0 Å². The Balaban J connectivity index is 1.93. The summed E-state index contributed by atoms with van der Waals surface area (Å²) in [6, 6.07) is 10.1. The molecule has 2 rings (SSSR count). The van der Waals surface area contributed by atoms with Gasteiger partial charge in [0.1, 0.15) is 0 Å². The first-order valence-corrected chi connectivity index (χ1v) is 8.71. The maximum atomic E-state index is 3.83. The molecule has 1 saturated carbocycles. The van der Waals surface area contributed by atoms with Crippen molar-refractivity contribution in [1.82, 2.24) is 5.32 Å². The minimum absolute atomic E-state index is 0.457. The van der Waals surface area contributed by atoms with E-state index >= 15 is 0 Å². The van der Waals surface area contributed by atoms with Gasteiger partial charge in [-0.25, -0.2) is 0 Å². The van der Waals surface area contributed by atoms with Crippen LogP contribution in [0.15, 0.2) is 29.2 Å². The first-order valence-electron chi connectivity index (χ1n) is 7.48. The molecule has 1 aliphatic carbocycles. The van der Waals surface area contributed by atoms with E-state index in [0.717, 1.165) is 11.8 Å². The first kappa shape index (κ1) is 14.9. The van der Waals surface area contributed by atoms with Crippen molar-refractivity contribution in [1.29, 1.82) is 0 Å². The average molecular weight is 277 g/mol. The zero-order valence-electron chi connectivity index (χ0n) is 12.6. The molecule has 0 saturated heterocycles.